The van der Waals surface area contributed by atoms with E-state index < -0.39 is 0 Å². The summed E-state index contributed by atoms with van der Waals surface area (Å²) in [6.07, 6.45) is 0.798. The number of hydrogen-bond donors (Lipinski definition) is 1. The Hall–Kier alpha value is -0.900. The number of rotatable bonds is 5. The average molecular weight is 240 g/mol. The Kier molecular flexibility index (Phi) is 4.69. The molecule has 4 heteroatoms. The van der Waals surface area contributed by atoms with Crippen LogP contribution in [0.2, 0.25) is 0 Å². The molecule has 0 aromatic rings. The third-order valence-electron chi connectivity index (χ3n) is 3.22. The topological polar surface area (TPSA) is 49.4 Å². The lowest BCUT2D eigenvalue weighted by Crippen LogP contribution is -2.47. The van der Waals surface area contributed by atoms with Gasteiger partial charge in [0.2, 0.25) is 5.91 Å². The molecule has 1 fully saturated rings. The molecule has 1 heterocycles. The second-order valence-corrected chi connectivity index (χ2v) is 5.43. The lowest BCUT2D eigenvalue weighted by molar-refractivity contribution is -0.138. The van der Waals surface area contributed by atoms with E-state index in [4.69, 9.17) is 0 Å². The molecular formula is C13H24N2O2. The Labute approximate surface area is 104 Å². The SMILES string of the molecule is CC(C)N[C@@H]1CCN([C@@H](C)C(=O)C(C)C)C1=O. The monoisotopic (exact) mass is 240 g/mol. The number of nitrogens with zero attached hydrogens (tertiary/aromatic N) is 1. The van der Waals surface area contributed by atoms with E-state index in [0.29, 0.717) is 12.6 Å². The number of ketones is 1. The predicted molar refractivity (Wildman–Crippen MR) is 67.7 cm³/mol. The van der Waals surface area contributed by atoms with Crippen molar-refractivity contribution >= 4 is 11.7 Å². The summed E-state index contributed by atoms with van der Waals surface area (Å²) in [5.41, 5.74) is 0. The first-order valence-electron chi connectivity index (χ1n) is 6.44. The van der Waals surface area contributed by atoms with Gasteiger partial charge in [0, 0.05) is 18.5 Å². The van der Waals surface area contributed by atoms with E-state index in [1.165, 1.54) is 0 Å². The largest absolute Gasteiger partial charge is 0.332 e. The van der Waals surface area contributed by atoms with Gasteiger partial charge in [0.25, 0.3) is 0 Å². The van der Waals surface area contributed by atoms with Crippen molar-refractivity contribution in [3.8, 4) is 0 Å². The zero-order chi connectivity index (χ0) is 13.2. The van der Waals surface area contributed by atoms with Crippen LogP contribution < -0.4 is 5.32 Å². The zero-order valence-electron chi connectivity index (χ0n) is 11.5. The summed E-state index contributed by atoms with van der Waals surface area (Å²) in [7, 11) is 0. The number of likely N-dealkylation sites (tertiary alicyclic amines) is 1. The fourth-order valence-electron chi connectivity index (χ4n) is 2.28. The van der Waals surface area contributed by atoms with Crippen molar-refractivity contribution in [3.05, 3.63) is 0 Å². The first kappa shape index (κ1) is 14.2. The van der Waals surface area contributed by atoms with Crippen LogP contribution in [0.4, 0.5) is 0 Å². The molecule has 1 N–H and O–H groups in total. The third-order valence-corrected chi connectivity index (χ3v) is 3.22. The molecule has 1 saturated heterocycles. The lowest BCUT2D eigenvalue weighted by Gasteiger charge is -2.25. The molecule has 98 valence electrons. The van der Waals surface area contributed by atoms with Crippen molar-refractivity contribution in [2.45, 2.75) is 59.2 Å². The number of amides is 1. The second-order valence-electron chi connectivity index (χ2n) is 5.43. The normalized spacial score (nSPS) is 22.6. The van der Waals surface area contributed by atoms with Gasteiger partial charge in [-0.2, -0.15) is 0 Å². The summed E-state index contributed by atoms with van der Waals surface area (Å²) in [5, 5.41) is 3.24. The van der Waals surface area contributed by atoms with E-state index in [1.54, 1.807) is 4.90 Å². The van der Waals surface area contributed by atoms with E-state index >= 15 is 0 Å². The molecule has 0 unspecified atom stereocenters. The highest BCUT2D eigenvalue weighted by Crippen LogP contribution is 2.17. The van der Waals surface area contributed by atoms with Crippen LogP contribution >= 0.6 is 0 Å². The standard InChI is InChI=1S/C13H24N2O2/c1-8(2)12(16)10(5)15-7-6-11(13(15)17)14-9(3)4/h8-11,14H,6-7H2,1-5H3/t10-,11+/m0/s1. The highest BCUT2D eigenvalue weighted by atomic mass is 16.2. The highest BCUT2D eigenvalue weighted by molar-refractivity contribution is 5.92. The minimum atomic E-state index is -0.290. The quantitative estimate of drug-likeness (QED) is 0.785. The third kappa shape index (κ3) is 3.28. The molecule has 0 aromatic carbocycles. The first-order valence-corrected chi connectivity index (χ1v) is 6.44. The summed E-state index contributed by atoms with van der Waals surface area (Å²) in [4.78, 5) is 25.7. The van der Waals surface area contributed by atoms with Crippen molar-refractivity contribution in [2.24, 2.45) is 5.92 Å². The molecule has 0 spiro atoms. The maximum Gasteiger partial charge on any atom is 0.240 e. The number of Topliss-reactive ketones (excluding diaryl/α,β-unsaturated/α-hetero) is 1. The molecule has 1 amide bonds. The average Bonchev–Trinajstić information content (AvgIpc) is 2.57. The van der Waals surface area contributed by atoms with Crippen molar-refractivity contribution < 1.29 is 9.59 Å². The summed E-state index contributed by atoms with van der Waals surface area (Å²) >= 11 is 0. The Morgan fingerprint density at radius 1 is 1.29 bits per heavy atom. The van der Waals surface area contributed by atoms with Crippen LogP contribution in [0.15, 0.2) is 0 Å². The fourth-order valence-corrected chi connectivity index (χ4v) is 2.28. The fraction of sp³-hybridized carbons (Fsp3) is 0.846. The van der Waals surface area contributed by atoms with Crippen LogP contribution in [0, 0.1) is 5.92 Å². The maximum atomic E-state index is 12.1. The highest BCUT2D eigenvalue weighted by Gasteiger charge is 2.37. The molecule has 17 heavy (non-hydrogen) atoms. The Balaban J connectivity index is 2.63. The van der Waals surface area contributed by atoms with Crippen LogP contribution in [-0.2, 0) is 9.59 Å². The summed E-state index contributed by atoms with van der Waals surface area (Å²) in [6, 6.07) is -0.112. The van der Waals surface area contributed by atoms with Gasteiger partial charge in [0.1, 0.15) is 0 Å². The van der Waals surface area contributed by atoms with Crippen LogP contribution in [0.1, 0.15) is 41.0 Å². The van der Waals surface area contributed by atoms with Gasteiger partial charge in [-0.25, -0.2) is 0 Å². The van der Waals surface area contributed by atoms with E-state index in [1.807, 2.05) is 34.6 Å². The summed E-state index contributed by atoms with van der Waals surface area (Å²) in [6.45, 7) is 10.3. The second kappa shape index (κ2) is 5.63. The lowest BCUT2D eigenvalue weighted by atomic mass is 10.0. The Morgan fingerprint density at radius 2 is 1.88 bits per heavy atom. The van der Waals surface area contributed by atoms with Crippen molar-refractivity contribution in [2.75, 3.05) is 6.54 Å². The van der Waals surface area contributed by atoms with Gasteiger partial charge >= 0.3 is 0 Å². The molecule has 0 aromatic heterocycles. The van der Waals surface area contributed by atoms with Gasteiger partial charge in [-0.15, -0.1) is 0 Å². The summed E-state index contributed by atoms with van der Waals surface area (Å²) in [5.74, 6) is 0.193. The van der Waals surface area contributed by atoms with Gasteiger partial charge in [-0.3, -0.25) is 9.59 Å². The van der Waals surface area contributed by atoms with E-state index in [9.17, 15) is 9.59 Å². The van der Waals surface area contributed by atoms with Crippen molar-refractivity contribution in [1.82, 2.24) is 10.2 Å². The van der Waals surface area contributed by atoms with Gasteiger partial charge in [0.15, 0.2) is 5.78 Å². The maximum absolute atomic E-state index is 12.1. The molecule has 0 radical (unpaired) electrons. The van der Waals surface area contributed by atoms with Gasteiger partial charge in [0.05, 0.1) is 12.1 Å². The Morgan fingerprint density at radius 3 is 2.35 bits per heavy atom. The van der Waals surface area contributed by atoms with Gasteiger partial charge in [-0.1, -0.05) is 27.7 Å². The number of nitrogens with one attached hydrogen (secondary N) is 1. The summed E-state index contributed by atoms with van der Waals surface area (Å²) < 4.78 is 0. The minimum Gasteiger partial charge on any atom is -0.332 e. The molecule has 1 aliphatic rings. The van der Waals surface area contributed by atoms with Crippen LogP contribution in [-0.4, -0.2) is 41.3 Å². The smallest absolute Gasteiger partial charge is 0.240 e. The van der Waals surface area contributed by atoms with Crippen molar-refractivity contribution in [1.29, 1.82) is 0 Å². The van der Waals surface area contributed by atoms with E-state index in [2.05, 4.69) is 5.32 Å². The molecule has 0 bridgehead atoms. The molecule has 1 rings (SSSR count). The van der Waals surface area contributed by atoms with Crippen LogP contribution in [0.25, 0.3) is 0 Å². The molecule has 2 atom stereocenters. The van der Waals surface area contributed by atoms with Gasteiger partial charge in [-0.05, 0) is 13.3 Å². The Bertz CT molecular complexity index is 300. The molecule has 0 saturated carbocycles. The van der Waals surface area contributed by atoms with Crippen LogP contribution in [0.5, 0.6) is 0 Å². The molecule has 0 aliphatic carbocycles. The number of carbonyl (C=O) groups excluding carboxylic acids is 2. The predicted octanol–water partition coefficient (Wildman–Crippen LogP) is 1.20. The molecular weight excluding hydrogens is 216 g/mol. The number of carbonyl (C=O) groups is 2. The first-order chi connectivity index (χ1) is 7.84. The molecule has 4 nitrogen and oxygen atoms in total. The molecule has 1 aliphatic heterocycles. The number of hydrogen-bond acceptors (Lipinski definition) is 3. The minimum absolute atomic E-state index is 0.0186. The van der Waals surface area contributed by atoms with Gasteiger partial charge < -0.3 is 10.2 Å². The van der Waals surface area contributed by atoms with Crippen molar-refractivity contribution in [3.63, 3.8) is 0 Å². The van der Waals surface area contributed by atoms with Crippen LogP contribution in [0.3, 0.4) is 0 Å². The van der Waals surface area contributed by atoms with E-state index in [-0.39, 0.29) is 29.7 Å². The zero-order valence-corrected chi connectivity index (χ0v) is 11.5. The van der Waals surface area contributed by atoms with E-state index in [0.717, 1.165) is 6.42 Å².